The minimum atomic E-state index is -4.15. The highest BCUT2D eigenvalue weighted by molar-refractivity contribution is 7.92. The molecule has 9 heteroatoms. The highest BCUT2D eigenvalue weighted by Crippen LogP contribution is 2.18. The Bertz CT molecular complexity index is 810. The van der Waals surface area contributed by atoms with E-state index in [9.17, 15) is 18.0 Å². The van der Waals surface area contributed by atoms with Gasteiger partial charge in [0.05, 0.1) is 6.20 Å². The number of nitrogens with one attached hydrogen (secondary N) is 2. The Hall–Kier alpha value is -2.68. The van der Waals surface area contributed by atoms with Gasteiger partial charge >= 0.3 is 5.97 Å². The van der Waals surface area contributed by atoms with Gasteiger partial charge in [0.1, 0.15) is 5.56 Å². The van der Waals surface area contributed by atoms with Gasteiger partial charge in [0.2, 0.25) is 0 Å². The van der Waals surface area contributed by atoms with Crippen molar-refractivity contribution >= 4 is 27.5 Å². The Balaban J connectivity index is 2.38. The molecule has 2 rings (SSSR count). The van der Waals surface area contributed by atoms with E-state index in [4.69, 9.17) is 5.11 Å². The summed E-state index contributed by atoms with van der Waals surface area (Å²) in [5.74, 6) is -1.63. The van der Waals surface area contributed by atoms with Gasteiger partial charge in [-0.2, -0.15) is 13.5 Å². The lowest BCUT2D eigenvalue weighted by Gasteiger charge is -2.08. The van der Waals surface area contributed by atoms with Crippen LogP contribution in [0.4, 0.5) is 5.69 Å². The smallest absolute Gasteiger partial charge is 0.340 e. The highest BCUT2D eigenvalue weighted by atomic mass is 32.2. The Morgan fingerprint density at radius 2 is 2.05 bits per heavy atom. The fourth-order valence-corrected chi connectivity index (χ4v) is 2.78. The van der Waals surface area contributed by atoms with Crippen LogP contribution in [0.25, 0.3) is 0 Å². The maximum atomic E-state index is 12.1. The summed E-state index contributed by atoms with van der Waals surface area (Å²) in [6, 6.07) is 5.86. The fourth-order valence-electron chi connectivity index (χ4n) is 1.64. The van der Waals surface area contributed by atoms with Crippen molar-refractivity contribution in [2.45, 2.75) is 11.9 Å². The summed E-state index contributed by atoms with van der Waals surface area (Å²) in [4.78, 5) is 22.2. The molecule has 0 radical (unpaired) electrons. The summed E-state index contributed by atoms with van der Waals surface area (Å²) in [6.45, 7) is 1.35. The van der Waals surface area contributed by atoms with Crippen LogP contribution in [0.1, 0.15) is 27.6 Å². The van der Waals surface area contributed by atoms with E-state index in [1.54, 1.807) is 6.07 Å². The summed E-state index contributed by atoms with van der Waals surface area (Å²) in [7, 11) is -4.15. The van der Waals surface area contributed by atoms with E-state index < -0.39 is 26.6 Å². The first-order chi connectivity index (χ1) is 9.81. The van der Waals surface area contributed by atoms with Crippen LogP contribution < -0.4 is 4.72 Å². The van der Waals surface area contributed by atoms with Crippen LogP contribution in [-0.2, 0) is 10.0 Å². The number of Topliss-reactive ketones (excluding diaryl/α,β-unsaturated/α-hetero) is 1. The fraction of sp³-hybridized carbons (Fsp3) is 0.0833. The minimum Gasteiger partial charge on any atom is -0.478 e. The molecule has 0 saturated heterocycles. The van der Waals surface area contributed by atoms with Gasteiger partial charge in [-0.25, -0.2) is 4.79 Å². The number of aromatic nitrogens is 2. The lowest BCUT2D eigenvalue weighted by molar-refractivity contribution is 0.0692. The molecule has 0 bridgehead atoms. The van der Waals surface area contributed by atoms with Crippen molar-refractivity contribution in [1.82, 2.24) is 10.2 Å². The number of nitrogens with zero attached hydrogens (tertiary/aromatic N) is 1. The van der Waals surface area contributed by atoms with Gasteiger partial charge in [0.15, 0.2) is 10.8 Å². The van der Waals surface area contributed by atoms with Crippen LogP contribution in [0.2, 0.25) is 0 Å². The maximum absolute atomic E-state index is 12.1. The molecule has 0 aliphatic heterocycles. The molecule has 110 valence electrons. The van der Waals surface area contributed by atoms with E-state index in [2.05, 4.69) is 14.9 Å². The number of aromatic carboxylic acids is 1. The number of hydrogen-bond acceptors (Lipinski definition) is 5. The lowest BCUT2D eigenvalue weighted by atomic mass is 10.1. The van der Waals surface area contributed by atoms with Gasteiger partial charge in [0.25, 0.3) is 10.0 Å². The molecule has 0 aliphatic carbocycles. The van der Waals surface area contributed by atoms with Crippen LogP contribution in [0, 0.1) is 0 Å². The molecule has 0 fully saturated rings. The van der Waals surface area contributed by atoms with Gasteiger partial charge in [-0.3, -0.25) is 14.6 Å². The second kappa shape index (κ2) is 5.37. The number of ketones is 1. The SMILES string of the molecule is CC(=O)c1cccc(NS(=O)(=O)c2[nH]ncc2C(=O)O)c1. The second-order valence-corrected chi connectivity index (χ2v) is 5.78. The van der Waals surface area contributed by atoms with E-state index in [-0.39, 0.29) is 11.5 Å². The molecule has 3 N–H and O–H groups in total. The van der Waals surface area contributed by atoms with Gasteiger partial charge < -0.3 is 5.11 Å². The van der Waals surface area contributed by atoms with Gasteiger partial charge in [0, 0.05) is 11.3 Å². The molecule has 1 aromatic carbocycles. The summed E-state index contributed by atoms with van der Waals surface area (Å²) < 4.78 is 26.5. The number of benzene rings is 1. The Morgan fingerprint density at radius 3 is 2.67 bits per heavy atom. The highest BCUT2D eigenvalue weighted by Gasteiger charge is 2.25. The van der Waals surface area contributed by atoms with E-state index in [0.717, 1.165) is 6.20 Å². The number of carbonyl (C=O) groups is 2. The number of carbonyl (C=O) groups excluding carboxylic acids is 1. The molecule has 0 spiro atoms. The number of H-pyrrole nitrogens is 1. The molecular formula is C12H11N3O5S. The van der Waals surface area contributed by atoms with Crippen molar-refractivity contribution in [2.24, 2.45) is 0 Å². The molecule has 2 aromatic rings. The molecule has 0 amide bonds. The Morgan fingerprint density at radius 1 is 1.33 bits per heavy atom. The number of aromatic amines is 1. The average molecular weight is 309 g/mol. The molecule has 8 nitrogen and oxygen atoms in total. The van der Waals surface area contributed by atoms with Gasteiger partial charge in [-0.15, -0.1) is 0 Å². The number of carboxylic acids is 1. The summed E-state index contributed by atoms with van der Waals surface area (Å²) in [5.41, 5.74) is 0.0112. The standard InChI is InChI=1S/C12H11N3O5S/c1-7(16)8-3-2-4-9(5-8)15-21(19,20)11-10(12(17)18)6-13-14-11/h2-6,15H,1H3,(H,13,14)(H,17,18). The molecule has 0 unspecified atom stereocenters. The predicted molar refractivity (Wildman–Crippen MR) is 72.8 cm³/mol. The van der Waals surface area contributed by atoms with Crippen molar-refractivity contribution in [3.8, 4) is 0 Å². The zero-order valence-electron chi connectivity index (χ0n) is 10.8. The summed E-state index contributed by atoms with van der Waals surface area (Å²) in [5, 5.41) is 13.9. The number of hydrogen-bond donors (Lipinski definition) is 3. The van der Waals surface area contributed by atoms with E-state index in [1.165, 1.54) is 25.1 Å². The molecule has 0 saturated carbocycles. The van der Waals surface area contributed by atoms with Crippen LogP contribution in [-0.4, -0.2) is 35.5 Å². The Kier molecular flexibility index (Phi) is 3.76. The van der Waals surface area contributed by atoms with Gasteiger partial charge in [-0.1, -0.05) is 12.1 Å². The largest absolute Gasteiger partial charge is 0.478 e. The van der Waals surface area contributed by atoms with Crippen LogP contribution in [0.3, 0.4) is 0 Å². The molecule has 1 aromatic heterocycles. The van der Waals surface area contributed by atoms with E-state index in [0.29, 0.717) is 5.56 Å². The minimum absolute atomic E-state index is 0.147. The van der Waals surface area contributed by atoms with Crippen molar-refractivity contribution in [1.29, 1.82) is 0 Å². The van der Waals surface area contributed by atoms with Crippen molar-refractivity contribution < 1.29 is 23.1 Å². The third-order valence-electron chi connectivity index (χ3n) is 2.62. The first-order valence-corrected chi connectivity index (χ1v) is 7.20. The number of anilines is 1. The first-order valence-electron chi connectivity index (χ1n) is 5.72. The first kappa shape index (κ1) is 14.7. The maximum Gasteiger partial charge on any atom is 0.340 e. The van der Waals surface area contributed by atoms with Gasteiger partial charge in [-0.05, 0) is 19.1 Å². The quantitative estimate of drug-likeness (QED) is 0.709. The van der Waals surface area contributed by atoms with E-state index in [1.807, 2.05) is 0 Å². The van der Waals surface area contributed by atoms with Crippen LogP contribution in [0.5, 0.6) is 0 Å². The van der Waals surface area contributed by atoms with Crippen LogP contribution >= 0.6 is 0 Å². The van der Waals surface area contributed by atoms with E-state index >= 15 is 0 Å². The monoisotopic (exact) mass is 309 g/mol. The molecule has 21 heavy (non-hydrogen) atoms. The number of rotatable bonds is 5. The summed E-state index contributed by atoms with van der Waals surface area (Å²) >= 11 is 0. The topological polar surface area (TPSA) is 129 Å². The molecule has 1 heterocycles. The molecule has 0 atom stereocenters. The Labute approximate surface area is 119 Å². The molecular weight excluding hydrogens is 298 g/mol. The van der Waals surface area contributed by atoms with Crippen molar-refractivity contribution in [3.63, 3.8) is 0 Å². The zero-order valence-corrected chi connectivity index (χ0v) is 11.6. The van der Waals surface area contributed by atoms with Crippen molar-refractivity contribution in [2.75, 3.05) is 4.72 Å². The number of sulfonamides is 1. The lowest BCUT2D eigenvalue weighted by Crippen LogP contribution is -2.16. The summed E-state index contributed by atoms with van der Waals surface area (Å²) in [6.07, 6.45) is 0.906. The third-order valence-corrected chi connectivity index (χ3v) is 3.98. The average Bonchev–Trinajstić information content (AvgIpc) is 2.88. The second-order valence-electron chi connectivity index (χ2n) is 4.16. The molecule has 0 aliphatic rings. The van der Waals surface area contributed by atoms with Crippen molar-refractivity contribution in [3.05, 3.63) is 41.6 Å². The van der Waals surface area contributed by atoms with Crippen LogP contribution in [0.15, 0.2) is 35.5 Å². The normalized spacial score (nSPS) is 11.1. The third kappa shape index (κ3) is 3.08. The number of carboxylic acid groups (broad SMARTS) is 1. The predicted octanol–water partition coefficient (Wildman–Crippen LogP) is 1.11. The zero-order chi connectivity index (χ0) is 15.6.